The number of carbonyl (C=O) groups excluding carboxylic acids is 1. The van der Waals surface area contributed by atoms with E-state index in [-0.39, 0.29) is 0 Å². The van der Waals surface area contributed by atoms with Crippen LogP contribution in [0.5, 0.6) is 0 Å². The molecule has 2 aromatic carbocycles. The monoisotopic (exact) mass is 289 g/mol. The second kappa shape index (κ2) is 4.77. The largest absolute Gasteiger partial charge is 0.416 e. The topological polar surface area (TPSA) is 22.0 Å². The minimum atomic E-state index is -4.37. The molecule has 0 spiro atoms. The molecule has 0 aliphatic heterocycles. The molecule has 0 amide bonds. The molecule has 5 heteroatoms. The van der Waals surface area contributed by atoms with Crippen LogP contribution in [0.1, 0.15) is 16.1 Å². The van der Waals surface area contributed by atoms with Crippen LogP contribution in [0.4, 0.5) is 13.2 Å². The molecular formula is C16H10F3NO. The van der Waals surface area contributed by atoms with Crippen molar-refractivity contribution in [1.82, 2.24) is 4.57 Å². The van der Waals surface area contributed by atoms with Gasteiger partial charge in [-0.15, -0.1) is 0 Å². The van der Waals surface area contributed by atoms with E-state index < -0.39 is 11.7 Å². The molecule has 0 N–H and O–H groups in total. The lowest BCUT2D eigenvalue weighted by atomic mass is 10.2. The molecule has 3 aromatic rings. The van der Waals surface area contributed by atoms with E-state index in [0.717, 1.165) is 23.0 Å². The third-order valence-electron chi connectivity index (χ3n) is 3.31. The van der Waals surface area contributed by atoms with E-state index in [1.54, 1.807) is 10.6 Å². The summed E-state index contributed by atoms with van der Waals surface area (Å²) in [7, 11) is 0. The van der Waals surface area contributed by atoms with Crippen molar-refractivity contribution in [2.75, 3.05) is 0 Å². The van der Waals surface area contributed by atoms with Gasteiger partial charge in [0.25, 0.3) is 0 Å². The summed E-state index contributed by atoms with van der Waals surface area (Å²) in [5.74, 6) is 0. The molecule has 3 rings (SSSR count). The number of hydrogen-bond donors (Lipinski definition) is 0. The van der Waals surface area contributed by atoms with Gasteiger partial charge in [-0.05, 0) is 36.4 Å². The molecule has 0 unspecified atom stereocenters. The Kier molecular flexibility index (Phi) is 3.05. The first-order chi connectivity index (χ1) is 10.0. The van der Waals surface area contributed by atoms with E-state index in [1.807, 2.05) is 24.3 Å². The van der Waals surface area contributed by atoms with Crippen molar-refractivity contribution in [3.05, 3.63) is 65.9 Å². The van der Waals surface area contributed by atoms with E-state index in [9.17, 15) is 18.0 Å². The van der Waals surface area contributed by atoms with Crippen molar-refractivity contribution in [2.24, 2.45) is 0 Å². The smallest absolute Gasteiger partial charge is 0.307 e. The number of alkyl halides is 3. The highest BCUT2D eigenvalue weighted by Gasteiger charge is 2.30. The summed E-state index contributed by atoms with van der Waals surface area (Å²) in [6, 6.07) is 13.8. The highest BCUT2D eigenvalue weighted by Crippen LogP contribution is 2.30. The Morgan fingerprint density at radius 1 is 0.952 bits per heavy atom. The third kappa shape index (κ3) is 2.31. The predicted molar refractivity (Wildman–Crippen MR) is 73.7 cm³/mol. The first-order valence-electron chi connectivity index (χ1n) is 6.24. The molecule has 0 fully saturated rings. The summed E-state index contributed by atoms with van der Waals surface area (Å²) < 4.78 is 39.4. The van der Waals surface area contributed by atoms with Crippen LogP contribution in [-0.2, 0) is 6.18 Å². The average Bonchev–Trinajstić information content (AvgIpc) is 2.85. The number of hydrogen-bond acceptors (Lipinski definition) is 1. The number of fused-ring (bicyclic) bond motifs is 1. The molecule has 0 saturated carbocycles. The van der Waals surface area contributed by atoms with Crippen LogP contribution in [0, 0.1) is 0 Å². The second-order valence-corrected chi connectivity index (χ2v) is 4.63. The zero-order valence-electron chi connectivity index (χ0n) is 10.8. The van der Waals surface area contributed by atoms with Gasteiger partial charge < -0.3 is 4.57 Å². The van der Waals surface area contributed by atoms with Crippen LogP contribution < -0.4 is 0 Å². The van der Waals surface area contributed by atoms with Crippen molar-refractivity contribution >= 4 is 17.2 Å². The molecule has 0 aliphatic rings. The number of halogens is 3. The lowest BCUT2D eigenvalue weighted by molar-refractivity contribution is -0.137. The van der Waals surface area contributed by atoms with Gasteiger partial charge in [-0.1, -0.05) is 18.2 Å². The standard InChI is InChI=1S/C16H10F3NO/c17-16(18,19)12-5-7-13(8-6-12)20-14(10-21)9-11-3-1-2-4-15(11)20/h1-10H. The van der Waals surface area contributed by atoms with Gasteiger partial charge in [-0.3, -0.25) is 4.79 Å². The summed E-state index contributed by atoms with van der Waals surface area (Å²) >= 11 is 0. The number of carbonyl (C=O) groups is 1. The number of rotatable bonds is 2. The Balaban J connectivity index is 2.18. The fourth-order valence-electron chi connectivity index (χ4n) is 2.35. The van der Waals surface area contributed by atoms with Crippen molar-refractivity contribution < 1.29 is 18.0 Å². The summed E-state index contributed by atoms with van der Waals surface area (Å²) in [5.41, 5.74) is 0.983. The molecule has 0 radical (unpaired) electrons. The number of para-hydroxylation sites is 1. The van der Waals surface area contributed by atoms with Gasteiger partial charge in [0.1, 0.15) is 0 Å². The third-order valence-corrected chi connectivity index (χ3v) is 3.31. The van der Waals surface area contributed by atoms with Crippen LogP contribution in [0.2, 0.25) is 0 Å². The zero-order valence-corrected chi connectivity index (χ0v) is 10.8. The van der Waals surface area contributed by atoms with Gasteiger partial charge in [0, 0.05) is 11.1 Å². The van der Waals surface area contributed by atoms with Gasteiger partial charge in [0.15, 0.2) is 6.29 Å². The van der Waals surface area contributed by atoms with Crippen LogP contribution >= 0.6 is 0 Å². The van der Waals surface area contributed by atoms with Crippen molar-refractivity contribution in [1.29, 1.82) is 0 Å². The molecular weight excluding hydrogens is 279 g/mol. The maximum absolute atomic E-state index is 12.6. The molecule has 0 saturated heterocycles. The fourth-order valence-corrected chi connectivity index (χ4v) is 2.35. The zero-order chi connectivity index (χ0) is 15.0. The molecule has 0 bridgehead atoms. The van der Waals surface area contributed by atoms with Crippen LogP contribution in [0.3, 0.4) is 0 Å². The predicted octanol–water partition coefficient (Wildman–Crippen LogP) is 4.46. The SMILES string of the molecule is O=Cc1cc2ccccc2n1-c1ccc(C(F)(F)F)cc1. The number of aromatic nitrogens is 1. The molecule has 21 heavy (non-hydrogen) atoms. The van der Waals surface area contributed by atoms with Gasteiger partial charge in [0.2, 0.25) is 0 Å². The summed E-state index contributed by atoms with van der Waals surface area (Å²) in [5, 5.41) is 0.861. The van der Waals surface area contributed by atoms with Gasteiger partial charge in [-0.25, -0.2) is 0 Å². The number of benzene rings is 2. The van der Waals surface area contributed by atoms with Crippen LogP contribution in [0.25, 0.3) is 16.6 Å². The lowest BCUT2D eigenvalue weighted by Crippen LogP contribution is -2.05. The quantitative estimate of drug-likeness (QED) is 0.638. The second-order valence-electron chi connectivity index (χ2n) is 4.63. The van der Waals surface area contributed by atoms with E-state index in [0.29, 0.717) is 17.7 Å². The minimum Gasteiger partial charge on any atom is -0.307 e. The molecule has 1 heterocycles. The summed E-state index contributed by atoms with van der Waals surface area (Å²) in [4.78, 5) is 11.2. The van der Waals surface area contributed by atoms with E-state index >= 15 is 0 Å². The lowest BCUT2D eigenvalue weighted by Gasteiger charge is -2.10. The van der Waals surface area contributed by atoms with Gasteiger partial charge >= 0.3 is 6.18 Å². The average molecular weight is 289 g/mol. The molecule has 106 valence electrons. The number of aldehydes is 1. The highest BCUT2D eigenvalue weighted by atomic mass is 19.4. The van der Waals surface area contributed by atoms with Crippen molar-refractivity contribution in [2.45, 2.75) is 6.18 Å². The maximum atomic E-state index is 12.6. The Morgan fingerprint density at radius 3 is 2.24 bits per heavy atom. The Labute approximate surface area is 118 Å². The molecule has 1 aromatic heterocycles. The summed E-state index contributed by atoms with van der Waals surface area (Å²) in [6.07, 6.45) is -3.68. The van der Waals surface area contributed by atoms with Crippen LogP contribution in [0.15, 0.2) is 54.6 Å². The van der Waals surface area contributed by atoms with E-state index in [2.05, 4.69) is 0 Å². The Morgan fingerprint density at radius 2 is 1.62 bits per heavy atom. The molecule has 2 nitrogen and oxygen atoms in total. The van der Waals surface area contributed by atoms with Crippen molar-refractivity contribution in [3.63, 3.8) is 0 Å². The Hall–Kier alpha value is -2.56. The van der Waals surface area contributed by atoms with Gasteiger partial charge in [-0.2, -0.15) is 13.2 Å². The van der Waals surface area contributed by atoms with E-state index in [1.165, 1.54) is 12.1 Å². The fraction of sp³-hybridized carbons (Fsp3) is 0.0625. The molecule has 0 atom stereocenters. The first kappa shape index (κ1) is 13.4. The summed E-state index contributed by atoms with van der Waals surface area (Å²) in [6.45, 7) is 0. The minimum absolute atomic E-state index is 0.399. The number of nitrogens with zero attached hydrogens (tertiary/aromatic N) is 1. The highest BCUT2D eigenvalue weighted by molar-refractivity contribution is 5.90. The Bertz CT molecular complexity index is 800. The maximum Gasteiger partial charge on any atom is 0.416 e. The van der Waals surface area contributed by atoms with Crippen LogP contribution in [-0.4, -0.2) is 10.9 Å². The van der Waals surface area contributed by atoms with E-state index in [4.69, 9.17) is 0 Å². The molecule has 0 aliphatic carbocycles. The van der Waals surface area contributed by atoms with Gasteiger partial charge in [0.05, 0.1) is 16.8 Å². The normalized spacial score (nSPS) is 11.8. The van der Waals surface area contributed by atoms with Crippen molar-refractivity contribution in [3.8, 4) is 5.69 Å². The first-order valence-corrected chi connectivity index (χ1v) is 6.24.